The third-order valence-electron chi connectivity index (χ3n) is 3.40. The lowest BCUT2D eigenvalue weighted by Crippen LogP contribution is -2.12. The SMILES string of the molecule is CCOc1ccc(C(=O)COc2cccc(C)c2C)cc1. The molecule has 0 bridgehead atoms. The number of hydrogen-bond acceptors (Lipinski definition) is 3. The van der Waals surface area contributed by atoms with Crippen molar-refractivity contribution in [2.45, 2.75) is 20.8 Å². The van der Waals surface area contributed by atoms with Gasteiger partial charge in [0.05, 0.1) is 6.61 Å². The molecule has 2 aromatic carbocycles. The summed E-state index contributed by atoms with van der Waals surface area (Å²) in [4.78, 5) is 12.1. The number of benzene rings is 2. The summed E-state index contributed by atoms with van der Waals surface area (Å²) in [5.74, 6) is 1.48. The summed E-state index contributed by atoms with van der Waals surface area (Å²) >= 11 is 0. The second-order valence-corrected chi connectivity index (χ2v) is 4.87. The van der Waals surface area contributed by atoms with Gasteiger partial charge >= 0.3 is 0 Å². The highest BCUT2D eigenvalue weighted by atomic mass is 16.5. The molecule has 0 amide bonds. The highest BCUT2D eigenvalue weighted by molar-refractivity contribution is 5.97. The van der Waals surface area contributed by atoms with Crippen LogP contribution in [-0.2, 0) is 0 Å². The van der Waals surface area contributed by atoms with E-state index in [0.717, 1.165) is 22.6 Å². The molecule has 0 aliphatic carbocycles. The topological polar surface area (TPSA) is 35.5 Å². The number of hydrogen-bond donors (Lipinski definition) is 0. The Morgan fingerprint density at radius 1 is 1.00 bits per heavy atom. The predicted octanol–water partition coefficient (Wildman–Crippen LogP) is 3.96. The Hall–Kier alpha value is -2.29. The average Bonchev–Trinajstić information content (AvgIpc) is 2.49. The number of Topliss-reactive ketones (excluding diaryl/α,β-unsaturated/α-hetero) is 1. The van der Waals surface area contributed by atoms with Crippen LogP contribution in [0, 0.1) is 13.8 Å². The van der Waals surface area contributed by atoms with Gasteiger partial charge in [0.1, 0.15) is 11.5 Å². The normalized spacial score (nSPS) is 10.2. The van der Waals surface area contributed by atoms with Crippen LogP contribution in [0.3, 0.4) is 0 Å². The molecule has 0 atom stereocenters. The Kier molecular flexibility index (Phi) is 4.99. The van der Waals surface area contributed by atoms with E-state index in [0.29, 0.717) is 12.2 Å². The summed E-state index contributed by atoms with van der Waals surface area (Å²) in [5, 5.41) is 0. The monoisotopic (exact) mass is 284 g/mol. The van der Waals surface area contributed by atoms with Crippen LogP contribution in [0.1, 0.15) is 28.4 Å². The summed E-state index contributed by atoms with van der Waals surface area (Å²) < 4.78 is 11.0. The van der Waals surface area contributed by atoms with Crippen molar-refractivity contribution in [1.82, 2.24) is 0 Å². The van der Waals surface area contributed by atoms with Crippen LogP contribution in [0.25, 0.3) is 0 Å². The molecule has 3 heteroatoms. The molecule has 2 rings (SSSR count). The molecule has 0 heterocycles. The van der Waals surface area contributed by atoms with Gasteiger partial charge in [0.25, 0.3) is 0 Å². The second-order valence-electron chi connectivity index (χ2n) is 4.87. The Balaban J connectivity index is 1.99. The molecule has 0 spiro atoms. The van der Waals surface area contributed by atoms with E-state index in [-0.39, 0.29) is 12.4 Å². The van der Waals surface area contributed by atoms with Gasteiger partial charge in [0, 0.05) is 5.56 Å². The minimum atomic E-state index is -0.0426. The molecule has 21 heavy (non-hydrogen) atoms. The number of aryl methyl sites for hydroxylation is 1. The van der Waals surface area contributed by atoms with E-state index >= 15 is 0 Å². The smallest absolute Gasteiger partial charge is 0.200 e. The van der Waals surface area contributed by atoms with E-state index < -0.39 is 0 Å². The van der Waals surface area contributed by atoms with Crippen LogP contribution in [0.4, 0.5) is 0 Å². The zero-order chi connectivity index (χ0) is 15.2. The van der Waals surface area contributed by atoms with Gasteiger partial charge in [-0.2, -0.15) is 0 Å². The van der Waals surface area contributed by atoms with Crippen molar-refractivity contribution in [3.8, 4) is 11.5 Å². The van der Waals surface area contributed by atoms with E-state index in [9.17, 15) is 4.79 Å². The molecule has 0 aliphatic heterocycles. The molecule has 110 valence electrons. The zero-order valence-corrected chi connectivity index (χ0v) is 12.7. The standard InChI is InChI=1S/C18H20O3/c1-4-20-16-10-8-15(9-11-16)17(19)12-21-18-7-5-6-13(2)14(18)3/h5-11H,4,12H2,1-3H3. The number of ether oxygens (including phenoxy) is 2. The van der Waals surface area contributed by atoms with Crippen LogP contribution >= 0.6 is 0 Å². The molecular formula is C18H20O3. The number of carbonyl (C=O) groups is 1. The average molecular weight is 284 g/mol. The molecule has 0 radical (unpaired) electrons. The molecule has 0 aromatic heterocycles. The molecule has 0 saturated carbocycles. The maximum atomic E-state index is 12.1. The van der Waals surface area contributed by atoms with Crippen molar-refractivity contribution in [1.29, 1.82) is 0 Å². The van der Waals surface area contributed by atoms with Crippen LogP contribution in [0.2, 0.25) is 0 Å². The second kappa shape index (κ2) is 6.93. The molecular weight excluding hydrogens is 264 g/mol. The van der Waals surface area contributed by atoms with Crippen LogP contribution in [0.5, 0.6) is 11.5 Å². The minimum Gasteiger partial charge on any atom is -0.494 e. The maximum absolute atomic E-state index is 12.1. The number of ketones is 1. The number of carbonyl (C=O) groups excluding carboxylic acids is 1. The number of rotatable bonds is 6. The lowest BCUT2D eigenvalue weighted by Gasteiger charge is -2.10. The Labute approximate surface area is 125 Å². The van der Waals surface area contributed by atoms with E-state index in [1.165, 1.54) is 0 Å². The quantitative estimate of drug-likeness (QED) is 0.753. The molecule has 0 N–H and O–H groups in total. The van der Waals surface area contributed by atoms with E-state index in [1.807, 2.05) is 39.0 Å². The third kappa shape index (κ3) is 3.85. The van der Waals surface area contributed by atoms with Gasteiger partial charge in [-0.15, -0.1) is 0 Å². The van der Waals surface area contributed by atoms with Crippen LogP contribution in [-0.4, -0.2) is 19.0 Å². The lowest BCUT2D eigenvalue weighted by atomic mass is 10.1. The van der Waals surface area contributed by atoms with Crippen LogP contribution in [0.15, 0.2) is 42.5 Å². The van der Waals surface area contributed by atoms with E-state index in [2.05, 4.69) is 0 Å². The van der Waals surface area contributed by atoms with Crippen molar-refractivity contribution >= 4 is 5.78 Å². The summed E-state index contributed by atoms with van der Waals surface area (Å²) in [6, 6.07) is 13.0. The van der Waals surface area contributed by atoms with Crippen molar-refractivity contribution in [3.05, 3.63) is 59.2 Å². The molecule has 0 saturated heterocycles. The fraction of sp³-hybridized carbons (Fsp3) is 0.278. The molecule has 0 fully saturated rings. The van der Waals surface area contributed by atoms with Gasteiger partial charge in [0.15, 0.2) is 12.4 Å². The summed E-state index contributed by atoms with van der Waals surface area (Å²) in [6.07, 6.45) is 0. The third-order valence-corrected chi connectivity index (χ3v) is 3.40. The first-order chi connectivity index (χ1) is 10.1. The fourth-order valence-corrected chi connectivity index (χ4v) is 2.01. The van der Waals surface area contributed by atoms with E-state index in [1.54, 1.807) is 24.3 Å². The van der Waals surface area contributed by atoms with Gasteiger partial charge in [-0.3, -0.25) is 4.79 Å². The van der Waals surface area contributed by atoms with Crippen molar-refractivity contribution in [2.24, 2.45) is 0 Å². The molecule has 3 nitrogen and oxygen atoms in total. The lowest BCUT2D eigenvalue weighted by molar-refractivity contribution is 0.0921. The highest BCUT2D eigenvalue weighted by Gasteiger charge is 2.09. The largest absolute Gasteiger partial charge is 0.494 e. The molecule has 2 aromatic rings. The predicted molar refractivity (Wildman–Crippen MR) is 83.4 cm³/mol. The van der Waals surface area contributed by atoms with Gasteiger partial charge in [0.2, 0.25) is 0 Å². The zero-order valence-electron chi connectivity index (χ0n) is 12.7. The van der Waals surface area contributed by atoms with Crippen molar-refractivity contribution in [2.75, 3.05) is 13.2 Å². The Morgan fingerprint density at radius 2 is 1.71 bits per heavy atom. The summed E-state index contributed by atoms with van der Waals surface area (Å²) in [6.45, 7) is 6.60. The van der Waals surface area contributed by atoms with Gasteiger partial charge in [-0.05, 0) is 62.2 Å². The van der Waals surface area contributed by atoms with Gasteiger partial charge in [-0.25, -0.2) is 0 Å². The minimum absolute atomic E-state index is 0.0400. The first-order valence-corrected chi connectivity index (χ1v) is 7.07. The first kappa shape index (κ1) is 15.1. The van der Waals surface area contributed by atoms with Gasteiger partial charge in [-0.1, -0.05) is 12.1 Å². The van der Waals surface area contributed by atoms with Crippen molar-refractivity contribution in [3.63, 3.8) is 0 Å². The van der Waals surface area contributed by atoms with Crippen molar-refractivity contribution < 1.29 is 14.3 Å². The fourth-order valence-electron chi connectivity index (χ4n) is 2.01. The summed E-state index contributed by atoms with van der Waals surface area (Å²) in [7, 11) is 0. The van der Waals surface area contributed by atoms with Gasteiger partial charge < -0.3 is 9.47 Å². The molecule has 0 unspecified atom stereocenters. The van der Waals surface area contributed by atoms with E-state index in [4.69, 9.17) is 9.47 Å². The summed E-state index contributed by atoms with van der Waals surface area (Å²) in [5.41, 5.74) is 2.85. The molecule has 0 aliphatic rings. The van der Waals surface area contributed by atoms with Crippen LogP contribution < -0.4 is 9.47 Å². The highest BCUT2D eigenvalue weighted by Crippen LogP contribution is 2.21. The first-order valence-electron chi connectivity index (χ1n) is 7.07. The Bertz CT molecular complexity index is 615. The maximum Gasteiger partial charge on any atom is 0.200 e. The Morgan fingerprint density at radius 3 is 2.38 bits per heavy atom.